The molecule has 0 heterocycles. The van der Waals surface area contributed by atoms with Crippen LogP contribution in [0.1, 0.15) is 27.7 Å². The largest absolute Gasteiger partial charge is 0.491 e. The fourth-order valence-electron chi connectivity index (χ4n) is 0.548. The zero-order chi connectivity index (χ0) is 9.78. The Hall–Kier alpha value is -0.613. The fraction of sp³-hybridized carbons (Fsp3) is 0.625. The van der Waals surface area contributed by atoms with E-state index >= 15 is 0 Å². The second kappa shape index (κ2) is 4.42. The van der Waals surface area contributed by atoms with Crippen molar-refractivity contribution >= 4 is 15.3 Å². The van der Waals surface area contributed by atoms with E-state index in [0.29, 0.717) is 0 Å². The van der Waals surface area contributed by atoms with Gasteiger partial charge in [-0.3, -0.25) is 4.79 Å². The average Bonchev–Trinajstić information content (AvgIpc) is 1.82. The summed E-state index contributed by atoms with van der Waals surface area (Å²) in [6.07, 6.45) is 0. The summed E-state index contributed by atoms with van der Waals surface area (Å²) in [5.41, 5.74) is 1.26. The predicted molar refractivity (Wildman–Crippen MR) is 48.6 cm³/mol. The lowest BCUT2D eigenvalue weighted by atomic mass is 10.2. The Morgan fingerprint density at radius 2 is 2.00 bits per heavy atom. The SMILES string of the molecule is C=C[Si](OC(C)=O)OC(C)(C)C. The zero-order valence-electron chi connectivity index (χ0n) is 8.01. The first-order valence-electron chi connectivity index (χ1n) is 3.72. The molecule has 0 amide bonds. The maximum absolute atomic E-state index is 10.6. The second-order valence-corrected chi connectivity index (χ2v) is 4.79. The van der Waals surface area contributed by atoms with Crippen molar-refractivity contribution in [3.8, 4) is 0 Å². The van der Waals surface area contributed by atoms with E-state index in [2.05, 4.69) is 6.58 Å². The topological polar surface area (TPSA) is 35.5 Å². The number of carbonyl (C=O) groups is 1. The Morgan fingerprint density at radius 3 is 2.25 bits per heavy atom. The van der Waals surface area contributed by atoms with Gasteiger partial charge in [-0.1, -0.05) is 0 Å². The first kappa shape index (κ1) is 11.4. The quantitative estimate of drug-likeness (QED) is 0.629. The van der Waals surface area contributed by atoms with Crippen molar-refractivity contribution in [2.45, 2.75) is 33.3 Å². The van der Waals surface area contributed by atoms with Gasteiger partial charge in [-0.2, -0.15) is 0 Å². The van der Waals surface area contributed by atoms with Gasteiger partial charge in [0.1, 0.15) is 0 Å². The van der Waals surface area contributed by atoms with Crippen LogP contribution in [0.3, 0.4) is 0 Å². The van der Waals surface area contributed by atoms with E-state index in [-0.39, 0.29) is 11.6 Å². The third-order valence-electron chi connectivity index (χ3n) is 0.818. The molecule has 0 saturated heterocycles. The Bertz CT molecular complexity index is 172. The molecular weight excluding hydrogens is 172 g/mol. The number of hydrogen-bond acceptors (Lipinski definition) is 3. The van der Waals surface area contributed by atoms with Crippen molar-refractivity contribution in [1.82, 2.24) is 0 Å². The molecule has 3 nitrogen and oxygen atoms in total. The molecule has 4 heteroatoms. The molecule has 69 valence electrons. The van der Waals surface area contributed by atoms with E-state index in [9.17, 15) is 4.79 Å². The molecule has 1 radical (unpaired) electrons. The smallest absolute Gasteiger partial charge is 0.489 e. The number of hydrogen-bond donors (Lipinski definition) is 0. The van der Waals surface area contributed by atoms with Crippen LogP contribution in [0.5, 0.6) is 0 Å². The summed E-state index contributed by atoms with van der Waals surface area (Å²) >= 11 is 0. The molecule has 0 aromatic carbocycles. The molecule has 0 aliphatic heterocycles. The molecule has 0 aliphatic carbocycles. The van der Waals surface area contributed by atoms with Crippen LogP contribution in [0.25, 0.3) is 0 Å². The van der Waals surface area contributed by atoms with Crippen molar-refractivity contribution < 1.29 is 13.6 Å². The van der Waals surface area contributed by atoms with Gasteiger partial charge in [0, 0.05) is 6.92 Å². The lowest BCUT2D eigenvalue weighted by Gasteiger charge is -2.22. The zero-order valence-corrected chi connectivity index (χ0v) is 9.01. The van der Waals surface area contributed by atoms with Crippen LogP contribution in [0, 0.1) is 0 Å². The highest BCUT2D eigenvalue weighted by molar-refractivity contribution is 6.52. The summed E-state index contributed by atoms with van der Waals surface area (Å²) in [6.45, 7) is 10.6. The summed E-state index contributed by atoms with van der Waals surface area (Å²) in [6, 6.07) is 0. The first-order chi connectivity index (χ1) is 5.35. The number of rotatable bonds is 3. The standard InChI is InChI=1S/C8H15O3Si/c1-6-12(10-7(2)9)11-8(3,4)5/h6H,1H2,2-5H3. The van der Waals surface area contributed by atoms with E-state index in [1.807, 2.05) is 20.8 Å². The van der Waals surface area contributed by atoms with Crippen LogP contribution < -0.4 is 0 Å². The van der Waals surface area contributed by atoms with Gasteiger partial charge in [-0.15, -0.1) is 6.58 Å². The Morgan fingerprint density at radius 1 is 1.50 bits per heavy atom. The van der Waals surface area contributed by atoms with Crippen molar-refractivity contribution in [2.75, 3.05) is 0 Å². The van der Waals surface area contributed by atoms with Gasteiger partial charge in [0.2, 0.25) is 0 Å². The van der Waals surface area contributed by atoms with Gasteiger partial charge in [0.15, 0.2) is 0 Å². The van der Waals surface area contributed by atoms with Crippen molar-refractivity contribution in [2.24, 2.45) is 0 Å². The molecule has 0 fully saturated rings. The third-order valence-corrected chi connectivity index (χ3v) is 2.45. The molecule has 12 heavy (non-hydrogen) atoms. The summed E-state index contributed by atoms with van der Waals surface area (Å²) in [5, 5.41) is 0. The molecule has 0 aromatic heterocycles. The highest BCUT2D eigenvalue weighted by atomic mass is 28.3. The minimum Gasteiger partial charge on any atom is -0.489 e. The Labute approximate surface area is 75.2 Å². The molecule has 0 atom stereocenters. The van der Waals surface area contributed by atoms with Gasteiger partial charge in [0.25, 0.3) is 5.97 Å². The van der Waals surface area contributed by atoms with Crippen molar-refractivity contribution in [1.29, 1.82) is 0 Å². The molecule has 0 N–H and O–H groups in total. The van der Waals surface area contributed by atoms with Gasteiger partial charge < -0.3 is 8.85 Å². The maximum atomic E-state index is 10.6. The van der Waals surface area contributed by atoms with E-state index in [4.69, 9.17) is 8.85 Å². The van der Waals surface area contributed by atoms with E-state index < -0.39 is 9.28 Å². The summed E-state index contributed by atoms with van der Waals surface area (Å²) < 4.78 is 10.3. The minimum atomic E-state index is -1.63. The first-order valence-corrected chi connectivity index (χ1v) is 5.11. The molecule has 0 rings (SSSR count). The summed E-state index contributed by atoms with van der Waals surface area (Å²) in [7, 11) is -1.63. The van der Waals surface area contributed by atoms with Gasteiger partial charge in [-0.25, -0.2) is 0 Å². The average molecular weight is 187 g/mol. The summed E-state index contributed by atoms with van der Waals surface area (Å²) in [4.78, 5) is 10.6. The molecule has 0 aliphatic rings. The Balaban J connectivity index is 4.00. The van der Waals surface area contributed by atoms with Crippen LogP contribution in [-0.2, 0) is 13.6 Å². The van der Waals surface area contributed by atoms with Crippen LogP contribution in [-0.4, -0.2) is 20.9 Å². The van der Waals surface area contributed by atoms with Crippen LogP contribution in [0.4, 0.5) is 0 Å². The third kappa shape index (κ3) is 6.12. The maximum Gasteiger partial charge on any atom is 0.491 e. The predicted octanol–water partition coefficient (Wildman–Crippen LogP) is 1.58. The van der Waals surface area contributed by atoms with E-state index in [1.165, 1.54) is 6.92 Å². The highest BCUT2D eigenvalue weighted by Crippen LogP contribution is 2.09. The fourth-order valence-corrected chi connectivity index (χ4v) is 1.64. The van der Waals surface area contributed by atoms with Crippen LogP contribution >= 0.6 is 0 Å². The van der Waals surface area contributed by atoms with Crippen molar-refractivity contribution in [3.05, 3.63) is 12.3 Å². The van der Waals surface area contributed by atoms with Crippen molar-refractivity contribution in [3.63, 3.8) is 0 Å². The van der Waals surface area contributed by atoms with Gasteiger partial charge in [-0.05, 0) is 26.5 Å². The molecule has 0 bridgehead atoms. The Kier molecular flexibility index (Phi) is 4.20. The normalized spacial score (nSPS) is 11.4. The number of carbonyl (C=O) groups excluding carboxylic acids is 1. The van der Waals surface area contributed by atoms with Crippen LogP contribution in [0.2, 0.25) is 0 Å². The monoisotopic (exact) mass is 187 g/mol. The van der Waals surface area contributed by atoms with E-state index in [1.54, 1.807) is 5.70 Å². The molecule has 0 aromatic rings. The van der Waals surface area contributed by atoms with Crippen LogP contribution in [0.15, 0.2) is 12.3 Å². The molecular formula is C8H15O3Si. The minimum absolute atomic E-state index is 0.294. The summed E-state index contributed by atoms with van der Waals surface area (Å²) in [5.74, 6) is -0.326. The molecule has 0 unspecified atom stereocenters. The van der Waals surface area contributed by atoms with E-state index in [0.717, 1.165) is 0 Å². The molecule has 0 saturated carbocycles. The lowest BCUT2D eigenvalue weighted by molar-refractivity contribution is -0.133. The van der Waals surface area contributed by atoms with Gasteiger partial charge in [0.05, 0.1) is 5.60 Å². The highest BCUT2D eigenvalue weighted by Gasteiger charge is 2.22. The second-order valence-electron chi connectivity index (χ2n) is 3.33. The molecule has 0 spiro atoms. The lowest BCUT2D eigenvalue weighted by Crippen LogP contribution is -2.33. The van der Waals surface area contributed by atoms with Gasteiger partial charge >= 0.3 is 9.28 Å².